The first-order valence-electron chi connectivity index (χ1n) is 12.4. The van der Waals surface area contributed by atoms with Crippen molar-refractivity contribution in [2.24, 2.45) is 0 Å². The Hall–Kier alpha value is -2.64. The van der Waals surface area contributed by atoms with Crippen LogP contribution < -0.4 is 10.2 Å². The van der Waals surface area contributed by atoms with Gasteiger partial charge in [-0.05, 0) is 56.0 Å². The second-order valence-electron chi connectivity index (χ2n) is 9.36. The van der Waals surface area contributed by atoms with E-state index in [-0.39, 0.29) is 24.8 Å². The van der Waals surface area contributed by atoms with Crippen LogP contribution in [0.2, 0.25) is 5.02 Å². The number of carbonyl (C=O) groups is 2. The number of rotatable bonds is 8. The molecule has 3 aromatic rings. The minimum absolute atomic E-state index is 0.00493. The molecule has 1 saturated heterocycles. The van der Waals surface area contributed by atoms with Crippen molar-refractivity contribution in [3.05, 3.63) is 68.7 Å². The summed E-state index contributed by atoms with van der Waals surface area (Å²) in [6.07, 6.45) is 5.02. The lowest BCUT2D eigenvalue weighted by Gasteiger charge is -2.26. The quantitative estimate of drug-likeness (QED) is 0.313. The van der Waals surface area contributed by atoms with Gasteiger partial charge in [0.1, 0.15) is 5.82 Å². The first kappa shape index (κ1) is 26.4. The third kappa shape index (κ3) is 6.19. The highest BCUT2D eigenvalue weighted by Gasteiger charge is 2.24. The molecule has 1 unspecified atom stereocenters. The van der Waals surface area contributed by atoms with E-state index in [9.17, 15) is 14.7 Å². The van der Waals surface area contributed by atoms with Gasteiger partial charge in [0.05, 0.1) is 11.1 Å². The molecule has 0 spiro atoms. The smallest absolute Gasteiger partial charge is 0.303 e. The molecule has 1 aliphatic rings. The third-order valence-corrected chi connectivity index (χ3v) is 7.70. The summed E-state index contributed by atoms with van der Waals surface area (Å²) in [5.41, 5.74) is 3.09. The molecule has 4 rings (SSSR count). The molecule has 190 valence electrons. The Morgan fingerprint density at radius 2 is 1.86 bits per heavy atom. The Morgan fingerprint density at radius 3 is 2.56 bits per heavy atom. The number of carboxylic acid groups (broad SMARTS) is 1. The molecular weight excluding hydrogens is 542 g/mol. The predicted octanol–water partition coefficient (Wildman–Crippen LogP) is 6.72. The number of pyridine rings is 1. The van der Waals surface area contributed by atoms with E-state index in [1.54, 1.807) is 6.07 Å². The van der Waals surface area contributed by atoms with E-state index >= 15 is 0 Å². The van der Waals surface area contributed by atoms with Crippen LogP contribution in [0.5, 0.6) is 0 Å². The Labute approximate surface area is 225 Å². The zero-order valence-corrected chi connectivity index (χ0v) is 22.7. The largest absolute Gasteiger partial charge is 0.481 e. The molecule has 2 aromatic carbocycles. The third-order valence-electron chi connectivity index (χ3n) is 6.86. The van der Waals surface area contributed by atoms with Crippen molar-refractivity contribution in [2.45, 2.75) is 51.4 Å². The van der Waals surface area contributed by atoms with Crippen molar-refractivity contribution in [1.82, 2.24) is 10.3 Å². The van der Waals surface area contributed by atoms with Gasteiger partial charge in [-0.15, -0.1) is 0 Å². The Morgan fingerprint density at radius 1 is 1.14 bits per heavy atom. The summed E-state index contributed by atoms with van der Waals surface area (Å²) in [4.78, 5) is 32.3. The number of aromatic nitrogens is 1. The van der Waals surface area contributed by atoms with E-state index in [1.807, 2.05) is 43.3 Å². The number of aliphatic carboxylic acids is 1. The fraction of sp³-hybridized carbons (Fsp3) is 0.393. The molecular formula is C28H31BrClN3O3. The number of anilines is 1. The van der Waals surface area contributed by atoms with Crippen molar-refractivity contribution in [3.8, 4) is 0 Å². The van der Waals surface area contributed by atoms with Crippen LogP contribution in [0.4, 0.5) is 5.82 Å². The maximum atomic E-state index is 13.7. The molecule has 0 aliphatic carbocycles. The van der Waals surface area contributed by atoms with Crippen LogP contribution in [-0.2, 0) is 4.79 Å². The van der Waals surface area contributed by atoms with E-state index in [2.05, 4.69) is 26.1 Å². The highest BCUT2D eigenvalue weighted by molar-refractivity contribution is 9.10. The lowest BCUT2D eigenvalue weighted by Crippen LogP contribution is -2.31. The number of benzene rings is 2. The maximum absolute atomic E-state index is 13.7. The second-order valence-corrected chi connectivity index (χ2v) is 10.7. The van der Waals surface area contributed by atoms with Crippen LogP contribution in [-0.4, -0.2) is 41.6 Å². The minimum atomic E-state index is -0.874. The number of carbonyl (C=O) groups excluding carboxylic acids is 1. The van der Waals surface area contributed by atoms with Gasteiger partial charge in [-0.2, -0.15) is 0 Å². The molecule has 0 saturated carbocycles. The zero-order chi connectivity index (χ0) is 25.7. The fourth-order valence-corrected chi connectivity index (χ4v) is 5.63. The van der Waals surface area contributed by atoms with Crippen LogP contribution >= 0.6 is 27.5 Å². The monoisotopic (exact) mass is 571 g/mol. The van der Waals surface area contributed by atoms with E-state index in [0.29, 0.717) is 17.0 Å². The molecule has 8 heteroatoms. The van der Waals surface area contributed by atoms with Gasteiger partial charge in [0.2, 0.25) is 0 Å². The van der Waals surface area contributed by atoms with Crippen molar-refractivity contribution in [2.75, 3.05) is 24.5 Å². The maximum Gasteiger partial charge on any atom is 0.303 e. The topological polar surface area (TPSA) is 82.5 Å². The van der Waals surface area contributed by atoms with E-state index in [1.165, 1.54) is 12.8 Å². The van der Waals surface area contributed by atoms with Crippen LogP contribution in [0, 0.1) is 6.92 Å². The van der Waals surface area contributed by atoms with Crippen molar-refractivity contribution < 1.29 is 14.7 Å². The number of fused-ring (bicyclic) bond motifs is 1. The average molecular weight is 573 g/mol. The molecule has 1 fully saturated rings. The summed E-state index contributed by atoms with van der Waals surface area (Å²) in [6, 6.07) is 13.2. The molecule has 1 aliphatic heterocycles. The summed E-state index contributed by atoms with van der Waals surface area (Å²) >= 11 is 9.97. The molecule has 2 N–H and O–H groups in total. The van der Waals surface area contributed by atoms with Gasteiger partial charge in [0.25, 0.3) is 5.91 Å². The van der Waals surface area contributed by atoms with Gasteiger partial charge in [-0.25, -0.2) is 4.98 Å². The number of amides is 1. The first-order valence-corrected chi connectivity index (χ1v) is 13.6. The molecule has 2 heterocycles. The van der Waals surface area contributed by atoms with E-state index < -0.39 is 5.97 Å². The second kappa shape index (κ2) is 12.1. The van der Waals surface area contributed by atoms with Crippen molar-refractivity contribution in [3.63, 3.8) is 0 Å². The lowest BCUT2D eigenvalue weighted by atomic mass is 9.93. The Balaban J connectivity index is 1.67. The van der Waals surface area contributed by atoms with Crippen molar-refractivity contribution >= 4 is 56.1 Å². The standard InChI is InChI=1S/C28H31BrClN3O3/c1-18-26(28(36)31-17-19(10-13-25(34)35)21-8-4-5-9-23(21)30)22-16-20(29)11-12-24(22)32-27(18)33-14-6-2-3-7-15-33/h4-5,8-9,11-12,16,19H,2-3,6-7,10,13-15,17H2,1H3,(H,31,36)(H,34,35). The van der Waals surface area contributed by atoms with Crippen LogP contribution in [0.3, 0.4) is 0 Å². The van der Waals surface area contributed by atoms with Gasteiger partial charge in [-0.1, -0.05) is 58.6 Å². The molecule has 36 heavy (non-hydrogen) atoms. The Kier molecular flexibility index (Phi) is 8.86. The summed E-state index contributed by atoms with van der Waals surface area (Å²) < 4.78 is 0.878. The molecule has 1 aromatic heterocycles. The average Bonchev–Trinajstić information content (AvgIpc) is 3.13. The first-order chi connectivity index (χ1) is 17.3. The fourth-order valence-electron chi connectivity index (χ4n) is 4.98. The predicted molar refractivity (Wildman–Crippen MR) is 148 cm³/mol. The van der Waals surface area contributed by atoms with Crippen molar-refractivity contribution in [1.29, 1.82) is 0 Å². The highest BCUT2D eigenvalue weighted by Crippen LogP contribution is 2.32. The molecule has 0 radical (unpaired) electrons. The summed E-state index contributed by atoms with van der Waals surface area (Å²) in [7, 11) is 0. The number of nitrogens with one attached hydrogen (secondary N) is 1. The zero-order valence-electron chi connectivity index (χ0n) is 20.4. The van der Waals surface area contributed by atoms with E-state index in [0.717, 1.165) is 58.3 Å². The van der Waals surface area contributed by atoms with E-state index in [4.69, 9.17) is 16.6 Å². The number of nitrogens with zero attached hydrogens (tertiary/aromatic N) is 2. The van der Waals surface area contributed by atoms with Gasteiger partial charge in [0.15, 0.2) is 0 Å². The van der Waals surface area contributed by atoms with Gasteiger partial charge in [0, 0.05) is 52.4 Å². The normalized spacial score (nSPS) is 14.9. The molecule has 1 amide bonds. The number of hydrogen-bond donors (Lipinski definition) is 2. The molecule has 1 atom stereocenters. The molecule has 0 bridgehead atoms. The molecule has 6 nitrogen and oxygen atoms in total. The van der Waals surface area contributed by atoms with Gasteiger partial charge in [-0.3, -0.25) is 9.59 Å². The number of carboxylic acids is 1. The van der Waals surface area contributed by atoms with Gasteiger partial charge < -0.3 is 15.3 Å². The Bertz CT molecular complexity index is 1260. The van der Waals surface area contributed by atoms with Crippen LogP contribution in [0.15, 0.2) is 46.9 Å². The van der Waals surface area contributed by atoms with Crippen LogP contribution in [0.1, 0.15) is 65.9 Å². The summed E-state index contributed by atoms with van der Waals surface area (Å²) in [5, 5.41) is 13.7. The van der Waals surface area contributed by atoms with Gasteiger partial charge >= 0.3 is 5.97 Å². The minimum Gasteiger partial charge on any atom is -0.481 e. The van der Waals surface area contributed by atoms with Crippen LogP contribution in [0.25, 0.3) is 10.9 Å². The summed E-state index contributed by atoms with van der Waals surface area (Å²) in [5.74, 6) is -0.419. The number of hydrogen-bond acceptors (Lipinski definition) is 4. The lowest BCUT2D eigenvalue weighted by molar-refractivity contribution is -0.137. The number of halogens is 2. The SMILES string of the molecule is Cc1c(N2CCCCCC2)nc2ccc(Br)cc2c1C(=O)NCC(CCC(=O)O)c1ccccc1Cl. The highest BCUT2D eigenvalue weighted by atomic mass is 79.9. The summed E-state index contributed by atoms with van der Waals surface area (Å²) in [6.45, 7) is 4.12.